The highest BCUT2D eigenvalue weighted by Crippen LogP contribution is 2.29. The number of amidine groups is 1. The summed E-state index contributed by atoms with van der Waals surface area (Å²) in [6, 6.07) is 2.74. The number of fused-ring (bicyclic) bond motifs is 3. The maximum absolute atomic E-state index is 5.94. The zero-order chi connectivity index (χ0) is 14.7. The van der Waals surface area contributed by atoms with Crippen molar-refractivity contribution in [2.24, 2.45) is 10.9 Å². The van der Waals surface area contributed by atoms with Gasteiger partial charge in [-0.25, -0.2) is 0 Å². The highest BCUT2D eigenvalue weighted by atomic mass is 16.5. The maximum atomic E-state index is 5.94. The van der Waals surface area contributed by atoms with Crippen LogP contribution < -0.4 is 5.32 Å². The average Bonchev–Trinajstić information content (AvgIpc) is 2.96. The molecule has 4 heterocycles. The molecular formula is C14H19N5O2. The summed E-state index contributed by atoms with van der Waals surface area (Å²) in [6.07, 6.45) is 8.37. The molecular weight excluding hydrogens is 270 g/mol. The smallest absolute Gasteiger partial charge is 0.323 e. The molecule has 7 nitrogen and oxygen atoms in total. The van der Waals surface area contributed by atoms with Crippen molar-refractivity contribution < 1.29 is 9.15 Å². The molecule has 0 spiro atoms. The fourth-order valence-electron chi connectivity index (χ4n) is 2.87. The van der Waals surface area contributed by atoms with Gasteiger partial charge in [0.05, 0.1) is 0 Å². The zero-order valence-electron chi connectivity index (χ0n) is 12.1. The molecule has 3 fully saturated rings. The Bertz CT molecular complexity index is 554. The molecule has 1 atom stereocenters. The second-order valence-electron chi connectivity index (χ2n) is 5.32. The van der Waals surface area contributed by atoms with Crippen LogP contribution in [0.1, 0.15) is 25.7 Å². The number of ether oxygens (including phenoxy) is 1. The van der Waals surface area contributed by atoms with E-state index in [4.69, 9.17) is 15.6 Å². The average molecular weight is 289 g/mol. The number of nitrogens with one attached hydrogen (secondary N) is 1. The van der Waals surface area contributed by atoms with Gasteiger partial charge >= 0.3 is 12.0 Å². The van der Waals surface area contributed by atoms with Gasteiger partial charge in [0.2, 0.25) is 5.89 Å². The van der Waals surface area contributed by atoms with Crippen LogP contribution in [0.3, 0.4) is 0 Å². The second kappa shape index (κ2) is 6.14. The highest BCUT2D eigenvalue weighted by molar-refractivity contribution is 5.87. The van der Waals surface area contributed by atoms with Crippen molar-refractivity contribution in [1.82, 2.24) is 15.1 Å². The predicted molar refractivity (Wildman–Crippen MR) is 77.6 cm³/mol. The molecule has 0 saturated carbocycles. The number of aryl methyl sites for hydroxylation is 1. The number of hydrogen-bond donors (Lipinski definition) is 1. The molecule has 4 rings (SSSR count). The molecule has 0 aromatic carbocycles. The van der Waals surface area contributed by atoms with Crippen LogP contribution in [0, 0.1) is 18.4 Å². The summed E-state index contributed by atoms with van der Waals surface area (Å²) in [5, 5.41) is 10.6. The van der Waals surface area contributed by atoms with E-state index in [0.29, 0.717) is 18.2 Å². The number of hydrogen-bond acceptors (Lipinski definition) is 6. The lowest BCUT2D eigenvalue weighted by Gasteiger charge is -2.44. The summed E-state index contributed by atoms with van der Waals surface area (Å²) in [7, 11) is 0. The molecule has 0 aliphatic carbocycles. The summed E-state index contributed by atoms with van der Waals surface area (Å²) < 4.78 is 11.3. The van der Waals surface area contributed by atoms with E-state index in [1.165, 1.54) is 0 Å². The molecule has 1 aromatic rings. The number of terminal acetylenes is 1. The van der Waals surface area contributed by atoms with Crippen molar-refractivity contribution in [3.05, 3.63) is 5.89 Å². The zero-order valence-corrected chi connectivity index (χ0v) is 12.1. The summed E-state index contributed by atoms with van der Waals surface area (Å²) in [5.74, 6) is 1.12. The standard InChI is InChI=1S/C14H19N5O2/c1-3-12-17-18-14(21-12)16-13(15-4-2)20-11-9-19-7-5-10(11)6-8-19/h2,10-11H,3,5-9H2,1H3,(H,15,16,18)/t11-/m0/s1. The maximum Gasteiger partial charge on any atom is 0.323 e. The van der Waals surface area contributed by atoms with Crippen molar-refractivity contribution in [3.63, 3.8) is 0 Å². The Morgan fingerprint density at radius 2 is 2.33 bits per heavy atom. The monoisotopic (exact) mass is 289 g/mol. The molecule has 7 heteroatoms. The Labute approximate surface area is 123 Å². The number of rotatable bonds is 3. The fourth-order valence-corrected chi connectivity index (χ4v) is 2.87. The lowest BCUT2D eigenvalue weighted by molar-refractivity contribution is -0.0146. The van der Waals surface area contributed by atoms with Gasteiger partial charge in [-0.05, 0) is 31.8 Å². The lowest BCUT2D eigenvalue weighted by Crippen LogP contribution is -2.52. The largest absolute Gasteiger partial charge is 0.459 e. The van der Waals surface area contributed by atoms with Gasteiger partial charge in [0, 0.05) is 19.0 Å². The molecule has 21 heavy (non-hydrogen) atoms. The van der Waals surface area contributed by atoms with Crippen LogP contribution >= 0.6 is 0 Å². The van der Waals surface area contributed by atoms with Gasteiger partial charge in [0.15, 0.2) is 0 Å². The predicted octanol–water partition coefficient (Wildman–Crippen LogP) is 1.10. The molecule has 2 bridgehead atoms. The van der Waals surface area contributed by atoms with Gasteiger partial charge in [-0.1, -0.05) is 18.4 Å². The molecule has 112 valence electrons. The van der Waals surface area contributed by atoms with Crippen LogP contribution in [0.2, 0.25) is 0 Å². The lowest BCUT2D eigenvalue weighted by atomic mass is 9.86. The van der Waals surface area contributed by atoms with Gasteiger partial charge in [0.25, 0.3) is 0 Å². The third kappa shape index (κ3) is 3.16. The topological polar surface area (TPSA) is 75.8 Å². The van der Waals surface area contributed by atoms with Crippen LogP contribution in [0.15, 0.2) is 9.41 Å². The van der Waals surface area contributed by atoms with E-state index in [1.807, 2.05) is 6.92 Å². The summed E-state index contributed by atoms with van der Waals surface area (Å²) >= 11 is 0. The Kier molecular flexibility index (Phi) is 4.06. The van der Waals surface area contributed by atoms with Crippen LogP contribution in [-0.4, -0.2) is 46.9 Å². The van der Waals surface area contributed by atoms with Crippen molar-refractivity contribution in [1.29, 1.82) is 0 Å². The SMILES string of the molecule is C#CN=C(Nc1nnc(CC)o1)O[C@H]1CN2CCC1CC2. The Morgan fingerprint density at radius 3 is 2.90 bits per heavy atom. The molecule has 0 radical (unpaired) electrons. The van der Waals surface area contributed by atoms with Crippen molar-refractivity contribution in [2.45, 2.75) is 32.3 Å². The van der Waals surface area contributed by atoms with Gasteiger partial charge in [-0.2, -0.15) is 0 Å². The van der Waals surface area contributed by atoms with E-state index in [0.717, 1.165) is 32.5 Å². The van der Waals surface area contributed by atoms with E-state index in [1.54, 1.807) is 0 Å². The molecule has 0 unspecified atom stereocenters. The van der Waals surface area contributed by atoms with Crippen molar-refractivity contribution in [3.8, 4) is 12.5 Å². The Morgan fingerprint density at radius 1 is 1.52 bits per heavy atom. The van der Waals surface area contributed by atoms with E-state index in [9.17, 15) is 0 Å². The van der Waals surface area contributed by atoms with E-state index < -0.39 is 0 Å². The van der Waals surface area contributed by atoms with Gasteiger partial charge in [-0.3, -0.25) is 10.2 Å². The van der Waals surface area contributed by atoms with Gasteiger partial charge < -0.3 is 9.15 Å². The minimum atomic E-state index is 0.112. The minimum absolute atomic E-state index is 0.112. The Hall–Kier alpha value is -2.07. The van der Waals surface area contributed by atoms with Crippen molar-refractivity contribution >= 4 is 12.0 Å². The summed E-state index contributed by atoms with van der Waals surface area (Å²) in [6.45, 7) is 5.17. The first kappa shape index (κ1) is 13.9. The first-order valence-electron chi connectivity index (χ1n) is 7.30. The Balaban J connectivity index is 1.65. The molecule has 3 aliphatic rings. The van der Waals surface area contributed by atoms with Crippen LogP contribution in [-0.2, 0) is 11.2 Å². The summed E-state index contributed by atoms with van der Waals surface area (Å²) in [5.41, 5.74) is 0. The number of piperidine rings is 3. The molecule has 3 aliphatic heterocycles. The quantitative estimate of drug-likeness (QED) is 0.510. The first-order valence-corrected chi connectivity index (χ1v) is 7.30. The number of nitrogens with zero attached hydrogens (tertiary/aromatic N) is 4. The third-order valence-electron chi connectivity index (χ3n) is 4.01. The van der Waals surface area contributed by atoms with E-state index >= 15 is 0 Å². The number of anilines is 1. The molecule has 1 N–H and O–H groups in total. The fraction of sp³-hybridized carbons (Fsp3) is 0.643. The number of aromatic nitrogens is 2. The minimum Gasteiger partial charge on any atom is -0.459 e. The third-order valence-corrected chi connectivity index (χ3v) is 4.01. The second-order valence-corrected chi connectivity index (χ2v) is 5.32. The summed E-state index contributed by atoms with van der Waals surface area (Å²) in [4.78, 5) is 6.30. The van der Waals surface area contributed by atoms with E-state index in [-0.39, 0.29) is 18.1 Å². The highest BCUT2D eigenvalue weighted by Gasteiger charge is 2.36. The number of aliphatic imine (C=N–C) groups is 1. The van der Waals surface area contributed by atoms with Crippen molar-refractivity contribution in [2.75, 3.05) is 25.0 Å². The van der Waals surface area contributed by atoms with Crippen LogP contribution in [0.4, 0.5) is 6.01 Å². The normalized spacial score (nSPS) is 28.2. The van der Waals surface area contributed by atoms with E-state index in [2.05, 4.69) is 31.5 Å². The first-order chi connectivity index (χ1) is 10.3. The molecule has 3 saturated heterocycles. The van der Waals surface area contributed by atoms with Crippen LogP contribution in [0.25, 0.3) is 0 Å². The van der Waals surface area contributed by atoms with Crippen LogP contribution in [0.5, 0.6) is 0 Å². The molecule has 0 amide bonds. The van der Waals surface area contributed by atoms with Gasteiger partial charge in [-0.15, -0.1) is 10.1 Å². The molecule has 1 aromatic heterocycles. The van der Waals surface area contributed by atoms with Gasteiger partial charge in [0.1, 0.15) is 6.10 Å².